The third-order valence-corrected chi connectivity index (χ3v) is 5.65. The molecule has 0 saturated heterocycles. The molecular formula is C28H36F3NO4. The van der Waals surface area contributed by atoms with E-state index >= 15 is 0 Å². The number of benzene rings is 2. The van der Waals surface area contributed by atoms with Crippen molar-refractivity contribution in [1.82, 2.24) is 5.32 Å². The van der Waals surface area contributed by atoms with Gasteiger partial charge in [-0.25, -0.2) is 4.79 Å². The van der Waals surface area contributed by atoms with E-state index in [0.717, 1.165) is 30.6 Å². The fraction of sp³-hybridized carbons (Fsp3) is 0.500. The molecule has 0 aliphatic rings. The van der Waals surface area contributed by atoms with Gasteiger partial charge in [0.15, 0.2) is 0 Å². The van der Waals surface area contributed by atoms with E-state index in [1.807, 2.05) is 24.3 Å². The smallest absolute Gasteiger partial charge is 0.491 e. The summed E-state index contributed by atoms with van der Waals surface area (Å²) in [7, 11) is 0. The Hall–Kier alpha value is -2.87. The van der Waals surface area contributed by atoms with Gasteiger partial charge in [-0.05, 0) is 55.5 Å². The highest BCUT2D eigenvalue weighted by atomic mass is 19.4. The van der Waals surface area contributed by atoms with E-state index in [9.17, 15) is 22.8 Å². The molecule has 0 saturated carbocycles. The van der Waals surface area contributed by atoms with Crippen molar-refractivity contribution in [1.29, 1.82) is 0 Å². The zero-order chi connectivity index (χ0) is 26.1. The Balaban J connectivity index is 1.46. The fourth-order valence-electron chi connectivity index (χ4n) is 3.70. The lowest BCUT2D eigenvalue weighted by Crippen LogP contribution is -2.29. The normalized spacial score (nSPS) is 11.3. The van der Waals surface area contributed by atoms with Gasteiger partial charge < -0.3 is 14.8 Å². The minimum absolute atomic E-state index is 0.118. The summed E-state index contributed by atoms with van der Waals surface area (Å²) in [6, 6.07) is 18.4. The molecule has 8 heteroatoms. The van der Waals surface area contributed by atoms with Gasteiger partial charge in [-0.3, -0.25) is 4.79 Å². The number of alkyl halides is 3. The van der Waals surface area contributed by atoms with E-state index in [2.05, 4.69) is 40.4 Å². The second-order valence-electron chi connectivity index (χ2n) is 8.72. The highest BCUT2D eigenvalue weighted by molar-refractivity contribution is 5.88. The highest BCUT2D eigenvalue weighted by Crippen LogP contribution is 2.17. The van der Waals surface area contributed by atoms with Crippen molar-refractivity contribution in [2.24, 2.45) is 0 Å². The lowest BCUT2D eigenvalue weighted by Gasteiger charge is -2.09. The summed E-state index contributed by atoms with van der Waals surface area (Å²) in [6.07, 6.45) is 4.77. The minimum atomic E-state index is -5.17. The number of halogens is 3. The standard InChI is InChI=1S/C28H36F3NO4/c29-28(30,31)27(34)36-26(33)18-20-32-19-17-24-15-11-16-25(22-24)35-21-10-5-3-1-2-4-7-12-23-13-8-6-9-14-23/h6,8-9,11,13-16,22,32H,1-5,7,10,12,17-21H2. The van der Waals surface area contributed by atoms with Crippen LogP contribution in [0.15, 0.2) is 54.6 Å². The topological polar surface area (TPSA) is 64.6 Å². The van der Waals surface area contributed by atoms with Crippen molar-refractivity contribution in [3.05, 3.63) is 65.7 Å². The molecule has 0 aliphatic carbocycles. The van der Waals surface area contributed by atoms with Crippen LogP contribution in [0.2, 0.25) is 0 Å². The summed E-state index contributed by atoms with van der Waals surface area (Å²) in [5, 5.41) is 2.95. The number of ether oxygens (including phenoxy) is 2. The molecule has 0 heterocycles. The molecule has 0 unspecified atom stereocenters. The lowest BCUT2D eigenvalue weighted by molar-refractivity contribution is -0.201. The zero-order valence-electron chi connectivity index (χ0n) is 20.7. The van der Waals surface area contributed by atoms with E-state index in [-0.39, 0.29) is 13.0 Å². The Kier molecular flexibility index (Phi) is 13.7. The van der Waals surface area contributed by atoms with Crippen molar-refractivity contribution >= 4 is 11.9 Å². The molecule has 36 heavy (non-hydrogen) atoms. The number of rotatable bonds is 17. The third kappa shape index (κ3) is 13.3. The molecule has 0 atom stereocenters. The molecule has 0 fully saturated rings. The molecule has 0 aromatic heterocycles. The summed E-state index contributed by atoms with van der Waals surface area (Å²) in [5.41, 5.74) is 2.46. The molecule has 2 aromatic carbocycles. The average molecular weight is 508 g/mol. The molecule has 198 valence electrons. The summed E-state index contributed by atoms with van der Waals surface area (Å²) in [4.78, 5) is 21.8. The van der Waals surface area contributed by atoms with Crippen LogP contribution in [0.3, 0.4) is 0 Å². The molecule has 0 aliphatic heterocycles. The molecule has 0 radical (unpaired) electrons. The van der Waals surface area contributed by atoms with E-state index in [1.165, 1.54) is 37.7 Å². The zero-order valence-corrected chi connectivity index (χ0v) is 20.7. The first-order chi connectivity index (χ1) is 17.3. The van der Waals surface area contributed by atoms with Crippen LogP contribution in [0.25, 0.3) is 0 Å². The summed E-state index contributed by atoms with van der Waals surface area (Å²) in [5.74, 6) is -2.88. The number of nitrogens with one attached hydrogen (secondary N) is 1. The summed E-state index contributed by atoms with van der Waals surface area (Å²) >= 11 is 0. The van der Waals surface area contributed by atoms with Gasteiger partial charge in [0.25, 0.3) is 0 Å². The minimum Gasteiger partial charge on any atom is -0.494 e. The van der Waals surface area contributed by atoms with Gasteiger partial charge in [-0.15, -0.1) is 0 Å². The molecular weight excluding hydrogens is 471 g/mol. The van der Waals surface area contributed by atoms with Gasteiger partial charge in [0.05, 0.1) is 13.0 Å². The quantitative estimate of drug-likeness (QED) is 0.157. The van der Waals surface area contributed by atoms with Gasteiger partial charge in [0, 0.05) is 6.54 Å². The molecule has 5 nitrogen and oxygen atoms in total. The molecule has 0 amide bonds. The number of esters is 2. The van der Waals surface area contributed by atoms with Crippen LogP contribution < -0.4 is 10.1 Å². The van der Waals surface area contributed by atoms with Crippen LogP contribution >= 0.6 is 0 Å². The van der Waals surface area contributed by atoms with Crippen molar-refractivity contribution in [3.8, 4) is 5.75 Å². The van der Waals surface area contributed by atoms with Crippen molar-refractivity contribution in [3.63, 3.8) is 0 Å². The molecule has 0 bridgehead atoms. The second kappa shape index (κ2) is 16.7. The van der Waals surface area contributed by atoms with Crippen molar-refractivity contribution < 1.29 is 32.2 Å². The Morgan fingerprint density at radius 1 is 0.750 bits per heavy atom. The van der Waals surface area contributed by atoms with Gasteiger partial charge in [-0.1, -0.05) is 74.6 Å². The number of hydrogen-bond donors (Lipinski definition) is 1. The maximum atomic E-state index is 12.1. The lowest BCUT2D eigenvalue weighted by atomic mass is 10.0. The first-order valence-corrected chi connectivity index (χ1v) is 12.6. The highest BCUT2D eigenvalue weighted by Gasteiger charge is 2.42. The maximum absolute atomic E-state index is 12.1. The Labute approximate surface area is 211 Å². The molecule has 1 N–H and O–H groups in total. The first-order valence-electron chi connectivity index (χ1n) is 12.6. The average Bonchev–Trinajstić information content (AvgIpc) is 2.85. The van der Waals surface area contributed by atoms with Crippen molar-refractivity contribution in [2.75, 3.05) is 19.7 Å². The van der Waals surface area contributed by atoms with Gasteiger partial charge in [0.1, 0.15) is 5.75 Å². The van der Waals surface area contributed by atoms with Gasteiger partial charge in [-0.2, -0.15) is 13.2 Å². The Morgan fingerprint density at radius 2 is 1.42 bits per heavy atom. The molecule has 2 aromatic rings. The summed E-state index contributed by atoms with van der Waals surface area (Å²) in [6.45, 7) is 1.32. The van der Waals surface area contributed by atoms with Crippen molar-refractivity contribution in [2.45, 2.75) is 70.4 Å². The number of unbranched alkanes of at least 4 members (excludes halogenated alkanes) is 6. The van der Waals surface area contributed by atoms with E-state index < -0.39 is 18.1 Å². The van der Waals surface area contributed by atoms with Crippen LogP contribution in [0.1, 0.15) is 62.5 Å². The van der Waals surface area contributed by atoms with E-state index in [4.69, 9.17) is 4.74 Å². The Morgan fingerprint density at radius 3 is 2.14 bits per heavy atom. The third-order valence-electron chi connectivity index (χ3n) is 5.65. The van der Waals surface area contributed by atoms with E-state index in [0.29, 0.717) is 19.6 Å². The maximum Gasteiger partial charge on any atom is 0.491 e. The van der Waals surface area contributed by atoms with Crippen LogP contribution in [-0.2, 0) is 27.2 Å². The Bertz CT molecular complexity index is 903. The van der Waals surface area contributed by atoms with Crippen LogP contribution in [0, 0.1) is 0 Å². The number of aryl methyl sites for hydroxylation is 1. The monoisotopic (exact) mass is 507 g/mol. The van der Waals surface area contributed by atoms with Crippen LogP contribution in [0.5, 0.6) is 5.75 Å². The number of hydrogen-bond acceptors (Lipinski definition) is 5. The van der Waals surface area contributed by atoms with Crippen LogP contribution in [0.4, 0.5) is 13.2 Å². The molecule has 2 rings (SSSR count). The largest absolute Gasteiger partial charge is 0.494 e. The van der Waals surface area contributed by atoms with Gasteiger partial charge >= 0.3 is 18.1 Å². The van der Waals surface area contributed by atoms with Crippen LogP contribution in [-0.4, -0.2) is 37.8 Å². The fourth-order valence-corrected chi connectivity index (χ4v) is 3.70. The van der Waals surface area contributed by atoms with Gasteiger partial charge in [0.2, 0.25) is 0 Å². The SMILES string of the molecule is O=C(CCNCCc1cccc(OCCCCCCCCCc2ccccc2)c1)OC(=O)C(F)(F)F. The first kappa shape index (κ1) is 29.4. The number of carbonyl (C=O) groups excluding carboxylic acids is 2. The predicted molar refractivity (Wildman–Crippen MR) is 133 cm³/mol. The second-order valence-corrected chi connectivity index (χ2v) is 8.72. The molecule has 0 spiro atoms. The van der Waals surface area contributed by atoms with E-state index in [1.54, 1.807) is 0 Å². The number of carbonyl (C=O) groups is 2. The summed E-state index contributed by atoms with van der Waals surface area (Å²) < 4.78 is 45.7. The predicted octanol–water partition coefficient (Wildman–Crippen LogP) is 6.19.